The number of pyridine rings is 1. The predicted molar refractivity (Wildman–Crippen MR) is 77.0 cm³/mol. The molecule has 2 heterocycles. The molecule has 0 spiro atoms. The maximum Gasteiger partial charge on any atom is 0.326 e. The number of amides is 1. The van der Waals surface area contributed by atoms with E-state index in [9.17, 15) is 14.7 Å². The maximum absolute atomic E-state index is 12.7. The highest BCUT2D eigenvalue weighted by atomic mass is 16.4. The molecule has 2 fully saturated rings. The second kappa shape index (κ2) is 5.41. The van der Waals surface area contributed by atoms with Crippen molar-refractivity contribution in [2.75, 3.05) is 6.54 Å². The van der Waals surface area contributed by atoms with Crippen molar-refractivity contribution in [2.24, 2.45) is 11.8 Å². The van der Waals surface area contributed by atoms with E-state index in [1.54, 1.807) is 13.0 Å². The number of hydrogen-bond donors (Lipinski definition) is 1. The molecular formula is C16H17N3O3. The molecule has 6 nitrogen and oxygen atoms in total. The van der Waals surface area contributed by atoms with Gasteiger partial charge < -0.3 is 10.0 Å². The summed E-state index contributed by atoms with van der Waals surface area (Å²) in [5.41, 5.74) is 1.12. The number of carbonyl (C=O) groups is 2. The normalized spacial score (nSPS) is 26.5. The van der Waals surface area contributed by atoms with E-state index in [0.29, 0.717) is 17.8 Å². The van der Waals surface area contributed by atoms with Gasteiger partial charge in [-0.1, -0.05) is 6.42 Å². The summed E-state index contributed by atoms with van der Waals surface area (Å²) < 4.78 is 0. The molecule has 1 N–H and O–H groups in total. The lowest BCUT2D eigenvalue weighted by Gasteiger charge is -2.24. The van der Waals surface area contributed by atoms with E-state index < -0.39 is 12.0 Å². The quantitative estimate of drug-likeness (QED) is 0.894. The van der Waals surface area contributed by atoms with Gasteiger partial charge in [0.15, 0.2) is 0 Å². The van der Waals surface area contributed by atoms with Crippen LogP contribution in [0, 0.1) is 30.1 Å². The molecule has 1 saturated heterocycles. The van der Waals surface area contributed by atoms with Crippen LogP contribution in [0.25, 0.3) is 0 Å². The van der Waals surface area contributed by atoms with Gasteiger partial charge in [0, 0.05) is 6.54 Å². The number of nitriles is 1. The molecule has 6 heteroatoms. The monoisotopic (exact) mass is 299 g/mol. The molecule has 1 aliphatic heterocycles. The summed E-state index contributed by atoms with van der Waals surface area (Å²) in [5.74, 6) is -0.951. The van der Waals surface area contributed by atoms with Gasteiger partial charge in [-0.3, -0.25) is 4.79 Å². The number of aliphatic carboxylic acids is 1. The highest BCUT2D eigenvalue weighted by molar-refractivity contribution is 5.95. The molecule has 1 aliphatic carbocycles. The number of likely N-dealkylation sites (tertiary alicyclic amines) is 1. The number of carboxylic acids is 1. The predicted octanol–water partition coefficient (Wildman–Crippen LogP) is 1.59. The van der Waals surface area contributed by atoms with Crippen molar-refractivity contribution in [2.45, 2.75) is 32.2 Å². The number of fused-ring (bicyclic) bond motifs is 1. The molecule has 3 unspecified atom stereocenters. The minimum atomic E-state index is -0.937. The first-order chi connectivity index (χ1) is 10.5. The molecule has 2 aliphatic rings. The largest absolute Gasteiger partial charge is 0.480 e. The molecule has 1 aromatic rings. The number of rotatable bonds is 2. The Kier molecular flexibility index (Phi) is 3.57. The molecule has 0 aromatic carbocycles. The van der Waals surface area contributed by atoms with Crippen molar-refractivity contribution in [1.29, 1.82) is 5.26 Å². The number of carbonyl (C=O) groups excluding carboxylic acids is 1. The van der Waals surface area contributed by atoms with Gasteiger partial charge in [-0.05, 0) is 43.7 Å². The summed E-state index contributed by atoms with van der Waals surface area (Å²) in [6.07, 6.45) is 2.89. The lowest BCUT2D eigenvalue weighted by Crippen LogP contribution is -2.43. The highest BCUT2D eigenvalue weighted by Gasteiger charge is 2.49. The van der Waals surface area contributed by atoms with Crippen LogP contribution in [0.1, 0.15) is 41.0 Å². The summed E-state index contributed by atoms with van der Waals surface area (Å²) >= 11 is 0. The van der Waals surface area contributed by atoms with Crippen molar-refractivity contribution in [1.82, 2.24) is 9.88 Å². The average Bonchev–Trinajstić information content (AvgIpc) is 3.06. The molecule has 22 heavy (non-hydrogen) atoms. The third-order valence-corrected chi connectivity index (χ3v) is 4.83. The van der Waals surface area contributed by atoms with Crippen LogP contribution in [-0.4, -0.2) is 39.5 Å². The maximum atomic E-state index is 12.7. The Labute approximate surface area is 128 Å². The Hall–Kier alpha value is -2.42. The summed E-state index contributed by atoms with van der Waals surface area (Å²) in [6.45, 7) is 2.16. The van der Waals surface area contributed by atoms with Crippen molar-refractivity contribution in [3.05, 3.63) is 29.1 Å². The summed E-state index contributed by atoms with van der Waals surface area (Å²) in [7, 11) is 0. The molecule has 3 atom stereocenters. The molecular weight excluding hydrogens is 282 g/mol. The Bertz CT molecular complexity index is 680. The summed E-state index contributed by atoms with van der Waals surface area (Å²) in [6, 6.07) is 4.32. The first-order valence-electron chi connectivity index (χ1n) is 7.44. The van der Waals surface area contributed by atoms with Gasteiger partial charge in [-0.2, -0.15) is 5.26 Å². The van der Waals surface area contributed by atoms with Crippen molar-refractivity contribution in [3.63, 3.8) is 0 Å². The zero-order valence-corrected chi connectivity index (χ0v) is 12.3. The third kappa shape index (κ3) is 2.23. The molecule has 1 saturated carbocycles. The average molecular weight is 299 g/mol. The van der Waals surface area contributed by atoms with Crippen LogP contribution in [0.15, 0.2) is 12.1 Å². The van der Waals surface area contributed by atoms with Gasteiger partial charge >= 0.3 is 5.97 Å². The van der Waals surface area contributed by atoms with Crippen LogP contribution in [0.5, 0.6) is 0 Å². The minimum Gasteiger partial charge on any atom is -0.480 e. The molecule has 0 radical (unpaired) electrons. The molecule has 1 aromatic heterocycles. The zero-order chi connectivity index (χ0) is 15.9. The van der Waals surface area contributed by atoms with Crippen molar-refractivity contribution in [3.8, 4) is 6.07 Å². The molecule has 114 valence electrons. The van der Waals surface area contributed by atoms with Gasteiger partial charge in [0.1, 0.15) is 17.8 Å². The summed E-state index contributed by atoms with van der Waals surface area (Å²) in [5, 5.41) is 18.4. The van der Waals surface area contributed by atoms with E-state index in [1.165, 1.54) is 11.0 Å². The summed E-state index contributed by atoms with van der Waals surface area (Å²) in [4.78, 5) is 29.9. The zero-order valence-electron chi connectivity index (χ0n) is 12.3. The van der Waals surface area contributed by atoms with Gasteiger partial charge in [-0.25, -0.2) is 9.78 Å². The highest BCUT2D eigenvalue weighted by Crippen LogP contribution is 2.42. The lowest BCUT2D eigenvalue weighted by molar-refractivity contribution is -0.142. The van der Waals surface area contributed by atoms with Gasteiger partial charge in [0.2, 0.25) is 0 Å². The third-order valence-electron chi connectivity index (χ3n) is 4.83. The number of aryl methyl sites for hydroxylation is 1. The Balaban J connectivity index is 1.90. The fourth-order valence-electron chi connectivity index (χ4n) is 3.78. The van der Waals surface area contributed by atoms with E-state index in [2.05, 4.69) is 4.98 Å². The van der Waals surface area contributed by atoms with Gasteiger partial charge in [-0.15, -0.1) is 0 Å². The topological polar surface area (TPSA) is 94.3 Å². The van der Waals surface area contributed by atoms with Gasteiger partial charge in [0.25, 0.3) is 5.91 Å². The van der Waals surface area contributed by atoms with E-state index in [0.717, 1.165) is 19.3 Å². The SMILES string of the molecule is Cc1nc(C(=O)N2CC3CCCC3C2C(=O)O)ccc1C#N. The van der Waals surface area contributed by atoms with Crippen molar-refractivity contribution < 1.29 is 14.7 Å². The number of nitrogens with zero attached hydrogens (tertiary/aromatic N) is 3. The van der Waals surface area contributed by atoms with Crippen LogP contribution >= 0.6 is 0 Å². The fourth-order valence-corrected chi connectivity index (χ4v) is 3.78. The van der Waals surface area contributed by atoms with E-state index >= 15 is 0 Å². The standard InChI is InChI=1S/C16H17N3O3/c1-9-10(7-17)5-6-13(18-9)15(20)19-8-11-3-2-4-12(11)14(19)16(21)22/h5-6,11-12,14H,2-4,8H2,1H3,(H,21,22). The molecule has 0 bridgehead atoms. The number of aromatic nitrogens is 1. The van der Waals surface area contributed by atoms with Crippen LogP contribution in [-0.2, 0) is 4.79 Å². The minimum absolute atomic E-state index is 0.0564. The van der Waals surface area contributed by atoms with E-state index in [-0.39, 0.29) is 23.4 Å². The Morgan fingerprint density at radius 3 is 2.82 bits per heavy atom. The molecule has 3 rings (SSSR count). The van der Waals surface area contributed by atoms with Gasteiger partial charge in [0.05, 0.1) is 11.3 Å². The smallest absolute Gasteiger partial charge is 0.326 e. The van der Waals surface area contributed by atoms with Crippen LogP contribution < -0.4 is 0 Å². The Morgan fingerprint density at radius 1 is 1.41 bits per heavy atom. The first kappa shape index (κ1) is 14.5. The first-order valence-corrected chi connectivity index (χ1v) is 7.44. The Morgan fingerprint density at radius 2 is 2.18 bits per heavy atom. The van der Waals surface area contributed by atoms with Crippen molar-refractivity contribution >= 4 is 11.9 Å². The van der Waals surface area contributed by atoms with Crippen LogP contribution in [0.2, 0.25) is 0 Å². The van der Waals surface area contributed by atoms with Crippen LogP contribution in [0.3, 0.4) is 0 Å². The van der Waals surface area contributed by atoms with E-state index in [4.69, 9.17) is 5.26 Å². The second-order valence-corrected chi connectivity index (χ2v) is 6.04. The molecule has 1 amide bonds. The fraction of sp³-hybridized carbons (Fsp3) is 0.500. The van der Waals surface area contributed by atoms with Crippen LogP contribution in [0.4, 0.5) is 0 Å². The lowest BCUT2D eigenvalue weighted by atomic mass is 9.94. The number of carboxylic acid groups (broad SMARTS) is 1. The second-order valence-electron chi connectivity index (χ2n) is 6.04. The number of hydrogen-bond acceptors (Lipinski definition) is 4. The van der Waals surface area contributed by atoms with E-state index in [1.807, 2.05) is 6.07 Å².